The molecule has 0 atom stereocenters. The summed E-state index contributed by atoms with van der Waals surface area (Å²) >= 11 is 0. The number of anilines is 1. The molecule has 1 aromatic rings. The molecule has 16 heavy (non-hydrogen) atoms. The summed E-state index contributed by atoms with van der Waals surface area (Å²) in [5, 5.41) is 0. The number of hydrogen-bond donors (Lipinski definition) is 1. The summed E-state index contributed by atoms with van der Waals surface area (Å²) in [6.07, 6.45) is 1.51. The summed E-state index contributed by atoms with van der Waals surface area (Å²) in [5.41, 5.74) is 7.00. The number of nitrogen functional groups attached to an aromatic ring is 1. The first-order valence-electron chi connectivity index (χ1n) is 5.12. The minimum absolute atomic E-state index is 0.237. The van der Waals surface area contributed by atoms with E-state index in [1.165, 1.54) is 6.20 Å². The van der Waals surface area contributed by atoms with Crippen LogP contribution in [-0.2, 0) is 9.47 Å². The van der Waals surface area contributed by atoms with Gasteiger partial charge in [-0.2, -0.15) is 0 Å². The van der Waals surface area contributed by atoms with Crippen molar-refractivity contribution in [3.05, 3.63) is 23.5 Å². The van der Waals surface area contributed by atoms with Crippen LogP contribution in [0.4, 0.5) is 5.69 Å². The lowest BCUT2D eigenvalue weighted by Crippen LogP contribution is -2.13. The number of rotatable bonds is 5. The van der Waals surface area contributed by atoms with Crippen LogP contribution in [0.25, 0.3) is 0 Å². The summed E-state index contributed by atoms with van der Waals surface area (Å²) in [6.45, 7) is 4.86. The molecule has 0 amide bonds. The Balaban J connectivity index is 2.55. The van der Waals surface area contributed by atoms with Crippen LogP contribution in [0.2, 0.25) is 0 Å². The van der Waals surface area contributed by atoms with E-state index in [1.54, 1.807) is 13.0 Å². The number of nitrogens with two attached hydrogens (primary N) is 1. The Morgan fingerprint density at radius 3 is 2.94 bits per heavy atom. The lowest BCUT2D eigenvalue weighted by molar-refractivity contribution is 0.0334. The fourth-order valence-electron chi connectivity index (χ4n) is 1.17. The predicted molar refractivity (Wildman–Crippen MR) is 60.2 cm³/mol. The third kappa shape index (κ3) is 3.51. The molecule has 0 aliphatic heterocycles. The van der Waals surface area contributed by atoms with E-state index in [2.05, 4.69) is 4.98 Å². The third-order valence-corrected chi connectivity index (χ3v) is 1.99. The van der Waals surface area contributed by atoms with Crippen molar-refractivity contribution in [2.45, 2.75) is 13.8 Å². The van der Waals surface area contributed by atoms with Crippen molar-refractivity contribution in [1.82, 2.24) is 4.98 Å². The van der Waals surface area contributed by atoms with E-state index in [4.69, 9.17) is 15.2 Å². The molecule has 0 aliphatic carbocycles. The highest BCUT2D eigenvalue weighted by molar-refractivity contribution is 5.91. The molecule has 0 spiro atoms. The second-order valence-corrected chi connectivity index (χ2v) is 3.23. The molecular weight excluding hydrogens is 208 g/mol. The van der Waals surface area contributed by atoms with E-state index in [-0.39, 0.29) is 6.61 Å². The summed E-state index contributed by atoms with van der Waals surface area (Å²) in [7, 11) is 0. The fourth-order valence-corrected chi connectivity index (χ4v) is 1.17. The molecule has 1 aromatic heterocycles. The number of aryl methyl sites for hydroxylation is 1. The van der Waals surface area contributed by atoms with Crippen molar-refractivity contribution in [1.29, 1.82) is 0 Å². The number of nitrogens with zero attached hydrogens (tertiary/aromatic N) is 1. The number of aromatic nitrogens is 1. The van der Waals surface area contributed by atoms with Gasteiger partial charge in [0.25, 0.3) is 0 Å². The SMILES string of the molecule is CCOCCOC(=O)c1cc(N)cnc1C. The monoisotopic (exact) mass is 224 g/mol. The first kappa shape index (κ1) is 12.4. The van der Waals surface area contributed by atoms with Crippen molar-refractivity contribution >= 4 is 11.7 Å². The summed E-state index contributed by atoms with van der Waals surface area (Å²) in [4.78, 5) is 15.6. The lowest BCUT2D eigenvalue weighted by Gasteiger charge is -2.07. The number of ether oxygens (including phenoxy) is 2. The maximum absolute atomic E-state index is 11.6. The average molecular weight is 224 g/mol. The summed E-state index contributed by atoms with van der Waals surface area (Å²) in [6, 6.07) is 1.56. The van der Waals surface area contributed by atoms with E-state index in [0.29, 0.717) is 30.2 Å². The molecule has 88 valence electrons. The second kappa shape index (κ2) is 6.07. The largest absolute Gasteiger partial charge is 0.460 e. The average Bonchev–Trinajstić information content (AvgIpc) is 2.27. The highest BCUT2D eigenvalue weighted by Crippen LogP contribution is 2.10. The second-order valence-electron chi connectivity index (χ2n) is 3.23. The highest BCUT2D eigenvalue weighted by atomic mass is 16.6. The molecule has 0 unspecified atom stereocenters. The molecule has 0 aromatic carbocycles. The number of pyridine rings is 1. The summed E-state index contributed by atoms with van der Waals surface area (Å²) < 4.78 is 10.1. The van der Waals surface area contributed by atoms with Gasteiger partial charge in [-0.25, -0.2) is 4.79 Å². The maximum atomic E-state index is 11.6. The third-order valence-electron chi connectivity index (χ3n) is 1.99. The molecule has 1 heterocycles. The van der Waals surface area contributed by atoms with Gasteiger partial charge < -0.3 is 15.2 Å². The molecular formula is C11H16N2O3. The first-order chi connectivity index (χ1) is 7.65. The molecule has 0 bridgehead atoms. The van der Waals surface area contributed by atoms with Crippen molar-refractivity contribution in [2.24, 2.45) is 0 Å². The van der Waals surface area contributed by atoms with Crippen molar-refractivity contribution in [2.75, 3.05) is 25.6 Å². The van der Waals surface area contributed by atoms with Gasteiger partial charge in [-0.05, 0) is 19.9 Å². The van der Waals surface area contributed by atoms with Crippen LogP contribution in [0.5, 0.6) is 0 Å². The Labute approximate surface area is 94.6 Å². The van der Waals surface area contributed by atoms with Crippen molar-refractivity contribution < 1.29 is 14.3 Å². The van der Waals surface area contributed by atoms with Gasteiger partial charge in [0.1, 0.15) is 6.61 Å². The molecule has 0 saturated heterocycles. The molecule has 0 radical (unpaired) electrons. The predicted octanol–water partition coefficient (Wildman–Crippen LogP) is 1.17. The normalized spacial score (nSPS) is 10.1. The zero-order valence-corrected chi connectivity index (χ0v) is 9.53. The van der Waals surface area contributed by atoms with Crippen LogP contribution >= 0.6 is 0 Å². The number of esters is 1. The Bertz CT molecular complexity index is 366. The molecule has 5 nitrogen and oxygen atoms in total. The van der Waals surface area contributed by atoms with E-state index in [0.717, 1.165) is 0 Å². The van der Waals surface area contributed by atoms with Crippen LogP contribution < -0.4 is 5.73 Å². The Hall–Kier alpha value is -1.62. The fraction of sp³-hybridized carbons (Fsp3) is 0.455. The standard InChI is InChI=1S/C11H16N2O3/c1-3-15-4-5-16-11(14)10-6-9(12)7-13-8(10)2/h6-7H,3-5,12H2,1-2H3. The molecule has 2 N–H and O–H groups in total. The maximum Gasteiger partial charge on any atom is 0.340 e. The zero-order chi connectivity index (χ0) is 12.0. The Morgan fingerprint density at radius 1 is 1.50 bits per heavy atom. The van der Waals surface area contributed by atoms with Crippen LogP contribution in [-0.4, -0.2) is 30.8 Å². The lowest BCUT2D eigenvalue weighted by atomic mass is 10.2. The highest BCUT2D eigenvalue weighted by Gasteiger charge is 2.11. The van der Waals surface area contributed by atoms with Gasteiger partial charge in [-0.1, -0.05) is 0 Å². The van der Waals surface area contributed by atoms with E-state index in [9.17, 15) is 4.79 Å². The molecule has 5 heteroatoms. The van der Waals surface area contributed by atoms with E-state index in [1.807, 2.05) is 6.92 Å². The van der Waals surface area contributed by atoms with E-state index >= 15 is 0 Å². The number of carbonyl (C=O) groups excluding carboxylic acids is 1. The topological polar surface area (TPSA) is 74.4 Å². The molecule has 0 aliphatic rings. The van der Waals surface area contributed by atoms with Gasteiger partial charge >= 0.3 is 5.97 Å². The molecule has 0 fully saturated rings. The van der Waals surface area contributed by atoms with Crippen LogP contribution in [0.3, 0.4) is 0 Å². The smallest absolute Gasteiger partial charge is 0.340 e. The van der Waals surface area contributed by atoms with Crippen molar-refractivity contribution in [3.63, 3.8) is 0 Å². The van der Waals surface area contributed by atoms with Crippen molar-refractivity contribution in [3.8, 4) is 0 Å². The van der Waals surface area contributed by atoms with Gasteiger partial charge in [-0.15, -0.1) is 0 Å². The minimum atomic E-state index is -0.419. The zero-order valence-electron chi connectivity index (χ0n) is 9.53. The molecule has 1 rings (SSSR count). The number of carbonyl (C=O) groups is 1. The summed E-state index contributed by atoms with van der Waals surface area (Å²) in [5.74, 6) is -0.419. The van der Waals surface area contributed by atoms with Gasteiger partial charge in [0.05, 0.1) is 29.7 Å². The first-order valence-corrected chi connectivity index (χ1v) is 5.12. The van der Waals surface area contributed by atoms with Crippen LogP contribution in [0, 0.1) is 6.92 Å². The minimum Gasteiger partial charge on any atom is -0.460 e. The Morgan fingerprint density at radius 2 is 2.25 bits per heavy atom. The van der Waals surface area contributed by atoms with Gasteiger partial charge in [0, 0.05) is 6.61 Å². The number of hydrogen-bond acceptors (Lipinski definition) is 5. The quantitative estimate of drug-likeness (QED) is 0.600. The van der Waals surface area contributed by atoms with E-state index < -0.39 is 5.97 Å². The van der Waals surface area contributed by atoms with Gasteiger partial charge in [0.15, 0.2) is 0 Å². The van der Waals surface area contributed by atoms with Crippen LogP contribution in [0.1, 0.15) is 23.0 Å². The van der Waals surface area contributed by atoms with Crippen LogP contribution in [0.15, 0.2) is 12.3 Å². The van der Waals surface area contributed by atoms with Gasteiger partial charge in [0.2, 0.25) is 0 Å². The van der Waals surface area contributed by atoms with Gasteiger partial charge in [-0.3, -0.25) is 4.98 Å². The Kier molecular flexibility index (Phi) is 4.72. The molecule has 0 saturated carbocycles.